The van der Waals surface area contributed by atoms with Crippen molar-refractivity contribution in [3.05, 3.63) is 42.6 Å². The third-order valence-corrected chi connectivity index (χ3v) is 5.95. The zero-order valence-electron chi connectivity index (χ0n) is 15.2. The number of ether oxygens (including phenoxy) is 1. The average Bonchev–Trinajstić information content (AvgIpc) is 2.64. The van der Waals surface area contributed by atoms with E-state index in [-0.39, 0.29) is 4.90 Å². The zero-order chi connectivity index (χ0) is 18.6. The number of aromatic nitrogens is 1. The minimum absolute atomic E-state index is 0.190. The molecule has 7 heteroatoms. The molecule has 26 heavy (non-hydrogen) atoms. The highest BCUT2D eigenvalue weighted by atomic mass is 32.2. The highest BCUT2D eigenvalue weighted by Gasteiger charge is 2.18. The van der Waals surface area contributed by atoms with Gasteiger partial charge in [-0.3, -0.25) is 4.72 Å². The monoisotopic (exact) mass is 375 g/mol. The SMILES string of the molecule is CCOc1ccc(S(=O)(=O)Nc2ccc(N3CCC(C)CC3)nc2)cc1. The lowest BCUT2D eigenvalue weighted by Gasteiger charge is -2.31. The molecule has 0 radical (unpaired) electrons. The van der Waals surface area contributed by atoms with E-state index in [4.69, 9.17) is 4.74 Å². The zero-order valence-corrected chi connectivity index (χ0v) is 16.0. The van der Waals surface area contributed by atoms with Crippen LogP contribution in [0.25, 0.3) is 0 Å². The van der Waals surface area contributed by atoms with Crippen molar-refractivity contribution in [2.24, 2.45) is 5.92 Å². The van der Waals surface area contributed by atoms with Crippen molar-refractivity contribution in [1.29, 1.82) is 0 Å². The number of benzene rings is 1. The standard InChI is InChI=1S/C19H25N3O3S/c1-3-25-17-5-7-18(8-6-17)26(23,24)21-16-4-9-19(20-14-16)22-12-10-15(2)11-13-22/h4-9,14-15,21H,3,10-13H2,1-2H3. The molecule has 1 aromatic carbocycles. The fourth-order valence-corrected chi connectivity index (χ4v) is 4.01. The van der Waals surface area contributed by atoms with Crippen LogP contribution in [0.15, 0.2) is 47.5 Å². The van der Waals surface area contributed by atoms with Crippen molar-refractivity contribution in [3.63, 3.8) is 0 Å². The van der Waals surface area contributed by atoms with Gasteiger partial charge in [0.25, 0.3) is 10.0 Å². The summed E-state index contributed by atoms with van der Waals surface area (Å²) >= 11 is 0. The van der Waals surface area contributed by atoms with Crippen molar-refractivity contribution >= 4 is 21.5 Å². The smallest absolute Gasteiger partial charge is 0.261 e. The Kier molecular flexibility index (Phi) is 5.66. The summed E-state index contributed by atoms with van der Waals surface area (Å²) in [6.07, 6.45) is 3.89. The first kappa shape index (κ1) is 18.5. The lowest BCUT2D eigenvalue weighted by molar-refractivity contribution is 0.340. The van der Waals surface area contributed by atoms with Crippen molar-refractivity contribution in [3.8, 4) is 5.75 Å². The molecule has 0 saturated carbocycles. The van der Waals surface area contributed by atoms with E-state index in [0.29, 0.717) is 18.0 Å². The summed E-state index contributed by atoms with van der Waals surface area (Å²) in [5.41, 5.74) is 0.452. The Morgan fingerprint density at radius 3 is 2.42 bits per heavy atom. The second-order valence-electron chi connectivity index (χ2n) is 6.58. The number of anilines is 2. The van der Waals surface area contributed by atoms with E-state index in [1.54, 1.807) is 24.4 Å². The van der Waals surface area contributed by atoms with Crippen molar-refractivity contribution < 1.29 is 13.2 Å². The molecule has 0 bridgehead atoms. The number of hydrogen-bond acceptors (Lipinski definition) is 5. The molecule has 1 aliphatic rings. The van der Waals surface area contributed by atoms with Crippen LogP contribution < -0.4 is 14.4 Å². The topological polar surface area (TPSA) is 71.5 Å². The van der Waals surface area contributed by atoms with E-state index >= 15 is 0 Å². The molecule has 0 unspecified atom stereocenters. The molecule has 2 heterocycles. The first-order chi connectivity index (χ1) is 12.5. The van der Waals surface area contributed by atoms with Crippen LogP contribution in [-0.2, 0) is 10.0 Å². The number of hydrogen-bond donors (Lipinski definition) is 1. The van der Waals surface area contributed by atoms with Crippen LogP contribution in [0.3, 0.4) is 0 Å². The van der Waals surface area contributed by atoms with Crippen LogP contribution in [0, 0.1) is 5.92 Å². The normalized spacial score (nSPS) is 15.7. The summed E-state index contributed by atoms with van der Waals surface area (Å²) in [5.74, 6) is 2.29. The Morgan fingerprint density at radius 1 is 1.15 bits per heavy atom. The Bertz CT molecular complexity index is 812. The average molecular weight is 375 g/mol. The van der Waals surface area contributed by atoms with Gasteiger partial charge in [-0.1, -0.05) is 6.92 Å². The van der Waals surface area contributed by atoms with Gasteiger partial charge in [0, 0.05) is 13.1 Å². The highest BCUT2D eigenvalue weighted by Crippen LogP contribution is 2.23. The van der Waals surface area contributed by atoms with Crippen LogP contribution in [0.1, 0.15) is 26.7 Å². The van der Waals surface area contributed by atoms with E-state index in [1.165, 1.54) is 12.1 Å². The minimum atomic E-state index is -3.65. The number of piperidine rings is 1. The number of sulfonamides is 1. The van der Waals surface area contributed by atoms with Gasteiger partial charge in [0.1, 0.15) is 11.6 Å². The van der Waals surface area contributed by atoms with Gasteiger partial charge in [0.2, 0.25) is 0 Å². The quantitative estimate of drug-likeness (QED) is 0.836. The molecule has 6 nitrogen and oxygen atoms in total. The van der Waals surface area contributed by atoms with Crippen LogP contribution in [0.5, 0.6) is 5.75 Å². The lowest BCUT2D eigenvalue weighted by Crippen LogP contribution is -2.33. The minimum Gasteiger partial charge on any atom is -0.494 e. The molecular formula is C19H25N3O3S. The van der Waals surface area contributed by atoms with Crippen molar-refractivity contribution in [1.82, 2.24) is 4.98 Å². The maximum atomic E-state index is 12.5. The van der Waals surface area contributed by atoms with Crippen LogP contribution in [0.4, 0.5) is 11.5 Å². The van der Waals surface area contributed by atoms with Crippen LogP contribution >= 0.6 is 0 Å². The fraction of sp³-hybridized carbons (Fsp3) is 0.421. The molecule has 2 aromatic rings. The van der Waals surface area contributed by atoms with Gasteiger partial charge < -0.3 is 9.64 Å². The molecular weight excluding hydrogens is 350 g/mol. The molecule has 3 rings (SSSR count). The number of nitrogens with zero attached hydrogens (tertiary/aromatic N) is 2. The molecule has 1 fully saturated rings. The Hall–Kier alpha value is -2.28. The second-order valence-corrected chi connectivity index (χ2v) is 8.27. The molecule has 0 aliphatic carbocycles. The van der Waals surface area contributed by atoms with E-state index in [0.717, 1.165) is 37.7 Å². The van der Waals surface area contributed by atoms with E-state index < -0.39 is 10.0 Å². The summed E-state index contributed by atoms with van der Waals surface area (Å²) in [6.45, 7) is 6.67. The largest absolute Gasteiger partial charge is 0.494 e. The fourth-order valence-electron chi connectivity index (χ4n) is 2.97. The van der Waals surface area contributed by atoms with Gasteiger partial charge >= 0.3 is 0 Å². The Balaban J connectivity index is 1.67. The summed E-state index contributed by atoms with van der Waals surface area (Å²) in [6, 6.07) is 9.99. The van der Waals surface area contributed by atoms with Gasteiger partial charge in [0.15, 0.2) is 0 Å². The van der Waals surface area contributed by atoms with E-state index in [9.17, 15) is 8.42 Å². The molecule has 1 saturated heterocycles. The van der Waals surface area contributed by atoms with Crippen molar-refractivity contribution in [2.45, 2.75) is 31.6 Å². The molecule has 1 N–H and O–H groups in total. The molecule has 140 valence electrons. The summed E-state index contributed by atoms with van der Waals surface area (Å²) in [4.78, 5) is 6.85. The predicted molar refractivity (Wildman–Crippen MR) is 103 cm³/mol. The van der Waals surface area contributed by atoms with Crippen LogP contribution in [0.2, 0.25) is 0 Å². The van der Waals surface area contributed by atoms with Crippen molar-refractivity contribution in [2.75, 3.05) is 29.3 Å². The molecule has 1 aliphatic heterocycles. The molecule has 0 atom stereocenters. The Labute approximate surface area is 155 Å². The van der Waals surface area contributed by atoms with Gasteiger partial charge in [0.05, 0.1) is 23.4 Å². The summed E-state index contributed by atoms with van der Waals surface area (Å²) in [5, 5.41) is 0. The van der Waals surface area contributed by atoms with E-state index in [1.807, 2.05) is 13.0 Å². The molecule has 1 aromatic heterocycles. The van der Waals surface area contributed by atoms with E-state index in [2.05, 4.69) is 21.5 Å². The van der Waals surface area contributed by atoms with Gasteiger partial charge in [-0.25, -0.2) is 13.4 Å². The second kappa shape index (κ2) is 7.95. The third-order valence-electron chi connectivity index (χ3n) is 4.55. The summed E-state index contributed by atoms with van der Waals surface area (Å²) in [7, 11) is -3.65. The van der Waals surface area contributed by atoms with Crippen LogP contribution in [-0.4, -0.2) is 33.1 Å². The maximum Gasteiger partial charge on any atom is 0.261 e. The lowest BCUT2D eigenvalue weighted by atomic mass is 9.99. The van der Waals surface area contributed by atoms with Gasteiger partial charge in [-0.2, -0.15) is 0 Å². The van der Waals surface area contributed by atoms with Gasteiger partial charge in [-0.05, 0) is 62.1 Å². The first-order valence-electron chi connectivity index (χ1n) is 8.94. The maximum absolute atomic E-state index is 12.5. The molecule has 0 spiro atoms. The number of pyridine rings is 1. The molecule has 0 amide bonds. The first-order valence-corrected chi connectivity index (χ1v) is 10.4. The van der Waals surface area contributed by atoms with Gasteiger partial charge in [-0.15, -0.1) is 0 Å². The summed E-state index contributed by atoms with van der Waals surface area (Å²) < 4.78 is 32.9. The number of nitrogens with one attached hydrogen (secondary N) is 1. The predicted octanol–water partition coefficient (Wildman–Crippen LogP) is 3.52. The third kappa shape index (κ3) is 4.46. The Morgan fingerprint density at radius 2 is 1.85 bits per heavy atom. The number of rotatable bonds is 6. The highest BCUT2D eigenvalue weighted by molar-refractivity contribution is 7.92.